The van der Waals surface area contributed by atoms with Gasteiger partial charge in [0.15, 0.2) is 5.82 Å². The number of hydrogen-bond donors (Lipinski definition) is 0. The lowest BCUT2D eigenvalue weighted by atomic mass is 9.97. The maximum atomic E-state index is 5.23. The molecule has 0 saturated carbocycles. The van der Waals surface area contributed by atoms with E-state index in [1.165, 1.54) is 5.56 Å². The van der Waals surface area contributed by atoms with E-state index >= 15 is 0 Å². The van der Waals surface area contributed by atoms with Gasteiger partial charge in [-0.1, -0.05) is 42.5 Å². The molecule has 1 unspecified atom stereocenters. The monoisotopic (exact) mass is 291 g/mol. The van der Waals surface area contributed by atoms with Crippen molar-refractivity contribution in [2.45, 2.75) is 18.9 Å². The summed E-state index contributed by atoms with van der Waals surface area (Å²) in [6, 6.07) is 18.5. The van der Waals surface area contributed by atoms with E-state index in [1.807, 2.05) is 30.3 Å². The summed E-state index contributed by atoms with van der Waals surface area (Å²) in [6.07, 6.45) is 1.07. The molecule has 110 valence electrons. The van der Waals surface area contributed by atoms with Crippen molar-refractivity contribution in [3.63, 3.8) is 0 Å². The van der Waals surface area contributed by atoms with E-state index in [4.69, 9.17) is 4.74 Å². The molecule has 1 atom stereocenters. The van der Waals surface area contributed by atoms with Crippen LogP contribution in [0.1, 0.15) is 23.7 Å². The molecule has 0 spiro atoms. The third-order valence-corrected chi connectivity index (χ3v) is 4.28. The summed E-state index contributed by atoms with van der Waals surface area (Å²) >= 11 is 0. The van der Waals surface area contributed by atoms with Crippen LogP contribution in [0.25, 0.3) is 11.4 Å². The van der Waals surface area contributed by atoms with Crippen LogP contribution in [0.4, 0.5) is 0 Å². The number of fused-ring (bicyclic) bond motifs is 1. The summed E-state index contributed by atoms with van der Waals surface area (Å²) in [5, 5.41) is 8.86. The van der Waals surface area contributed by atoms with Crippen molar-refractivity contribution in [2.75, 3.05) is 7.11 Å². The molecule has 2 aromatic carbocycles. The van der Waals surface area contributed by atoms with Gasteiger partial charge in [0.2, 0.25) is 0 Å². The Labute approximate surface area is 129 Å². The lowest BCUT2D eigenvalue weighted by molar-refractivity contribution is 0.414. The Hall–Kier alpha value is -2.62. The Morgan fingerprint density at radius 2 is 1.77 bits per heavy atom. The SMILES string of the molecule is COc1ccc(C2CCn3c(-c4ccccc4)nnc32)cc1. The van der Waals surface area contributed by atoms with Gasteiger partial charge in [0, 0.05) is 18.0 Å². The quantitative estimate of drug-likeness (QED) is 0.741. The van der Waals surface area contributed by atoms with E-state index in [2.05, 4.69) is 39.0 Å². The van der Waals surface area contributed by atoms with Gasteiger partial charge in [-0.2, -0.15) is 0 Å². The molecule has 0 N–H and O–H groups in total. The highest BCUT2D eigenvalue weighted by atomic mass is 16.5. The largest absolute Gasteiger partial charge is 0.497 e. The van der Waals surface area contributed by atoms with Crippen LogP contribution < -0.4 is 4.74 Å². The predicted molar refractivity (Wildman–Crippen MR) is 84.9 cm³/mol. The molecule has 4 nitrogen and oxygen atoms in total. The lowest BCUT2D eigenvalue weighted by Crippen LogP contribution is -1.99. The summed E-state index contributed by atoms with van der Waals surface area (Å²) < 4.78 is 7.47. The van der Waals surface area contributed by atoms with Crippen LogP contribution in [0.15, 0.2) is 54.6 Å². The zero-order valence-corrected chi connectivity index (χ0v) is 12.4. The van der Waals surface area contributed by atoms with Crippen molar-refractivity contribution < 1.29 is 4.74 Å². The number of nitrogens with zero attached hydrogens (tertiary/aromatic N) is 3. The van der Waals surface area contributed by atoms with E-state index < -0.39 is 0 Å². The number of hydrogen-bond acceptors (Lipinski definition) is 3. The minimum atomic E-state index is 0.316. The number of aromatic nitrogens is 3. The second kappa shape index (κ2) is 5.30. The standard InChI is InChI=1S/C18H17N3O/c1-22-15-9-7-13(8-10-15)16-11-12-21-17(19-20-18(16)21)14-5-3-2-4-6-14/h2-10,16H,11-12H2,1H3. The third-order valence-electron chi connectivity index (χ3n) is 4.28. The predicted octanol–water partition coefficient (Wildman–Crippen LogP) is 3.49. The maximum absolute atomic E-state index is 5.23. The molecule has 4 heteroatoms. The van der Waals surface area contributed by atoms with Crippen LogP contribution in [0.5, 0.6) is 5.75 Å². The van der Waals surface area contributed by atoms with Gasteiger partial charge in [0.05, 0.1) is 7.11 Å². The molecule has 0 radical (unpaired) electrons. The summed E-state index contributed by atoms with van der Waals surface area (Å²) in [7, 11) is 1.69. The fraction of sp³-hybridized carbons (Fsp3) is 0.222. The molecule has 4 rings (SSSR count). The molecular weight excluding hydrogens is 274 g/mol. The van der Waals surface area contributed by atoms with Crippen LogP contribution >= 0.6 is 0 Å². The van der Waals surface area contributed by atoms with Crippen molar-refractivity contribution in [2.24, 2.45) is 0 Å². The Balaban J connectivity index is 1.70. The molecule has 22 heavy (non-hydrogen) atoms. The van der Waals surface area contributed by atoms with Crippen molar-refractivity contribution in [1.29, 1.82) is 0 Å². The van der Waals surface area contributed by atoms with Crippen LogP contribution in [-0.2, 0) is 6.54 Å². The first-order valence-electron chi connectivity index (χ1n) is 7.49. The maximum Gasteiger partial charge on any atom is 0.163 e. The second-order valence-electron chi connectivity index (χ2n) is 5.51. The van der Waals surface area contributed by atoms with Gasteiger partial charge in [0.1, 0.15) is 11.6 Å². The van der Waals surface area contributed by atoms with Crippen LogP contribution in [0.3, 0.4) is 0 Å². The first kappa shape index (κ1) is 13.1. The van der Waals surface area contributed by atoms with E-state index in [-0.39, 0.29) is 0 Å². The van der Waals surface area contributed by atoms with Crippen molar-refractivity contribution in [3.8, 4) is 17.1 Å². The highest BCUT2D eigenvalue weighted by molar-refractivity contribution is 5.55. The number of ether oxygens (including phenoxy) is 1. The average molecular weight is 291 g/mol. The normalized spacial score (nSPS) is 16.5. The number of benzene rings is 2. The molecule has 1 aliphatic rings. The summed E-state index contributed by atoms with van der Waals surface area (Å²) in [4.78, 5) is 0. The zero-order valence-electron chi connectivity index (χ0n) is 12.4. The summed E-state index contributed by atoms with van der Waals surface area (Å²) in [5.74, 6) is 3.22. The highest BCUT2D eigenvalue weighted by Gasteiger charge is 2.29. The van der Waals surface area contributed by atoms with Crippen molar-refractivity contribution in [1.82, 2.24) is 14.8 Å². The molecule has 3 aromatic rings. The first-order valence-corrected chi connectivity index (χ1v) is 7.49. The fourth-order valence-electron chi connectivity index (χ4n) is 3.13. The van der Waals surface area contributed by atoms with Gasteiger partial charge in [-0.05, 0) is 24.1 Å². The molecule has 0 bridgehead atoms. The fourth-order valence-corrected chi connectivity index (χ4v) is 3.13. The minimum Gasteiger partial charge on any atom is -0.497 e. The van der Waals surface area contributed by atoms with Crippen LogP contribution in [0.2, 0.25) is 0 Å². The highest BCUT2D eigenvalue weighted by Crippen LogP contribution is 2.36. The minimum absolute atomic E-state index is 0.316. The summed E-state index contributed by atoms with van der Waals surface area (Å²) in [5.41, 5.74) is 2.39. The van der Waals surface area contributed by atoms with E-state index in [1.54, 1.807) is 7.11 Å². The lowest BCUT2D eigenvalue weighted by Gasteiger charge is -2.08. The topological polar surface area (TPSA) is 39.9 Å². The molecular formula is C18H17N3O. The van der Waals surface area contributed by atoms with E-state index in [0.29, 0.717) is 5.92 Å². The second-order valence-corrected chi connectivity index (χ2v) is 5.51. The molecule has 0 aliphatic carbocycles. The molecule has 0 amide bonds. The Morgan fingerprint density at radius 1 is 1.00 bits per heavy atom. The summed E-state index contributed by atoms with van der Waals surface area (Å²) in [6.45, 7) is 0.962. The number of methoxy groups -OCH3 is 1. The van der Waals surface area contributed by atoms with Gasteiger partial charge in [-0.15, -0.1) is 10.2 Å². The Bertz CT molecular complexity index is 778. The zero-order chi connectivity index (χ0) is 14.9. The molecule has 0 saturated heterocycles. The molecule has 0 fully saturated rings. The van der Waals surface area contributed by atoms with E-state index in [0.717, 1.165) is 35.9 Å². The Kier molecular flexibility index (Phi) is 3.15. The average Bonchev–Trinajstić information content (AvgIpc) is 3.17. The molecule has 1 aliphatic heterocycles. The van der Waals surface area contributed by atoms with E-state index in [9.17, 15) is 0 Å². The first-order chi connectivity index (χ1) is 10.9. The van der Waals surface area contributed by atoms with Crippen molar-refractivity contribution in [3.05, 3.63) is 66.0 Å². The van der Waals surface area contributed by atoms with Crippen molar-refractivity contribution >= 4 is 0 Å². The Morgan fingerprint density at radius 3 is 2.50 bits per heavy atom. The van der Waals surface area contributed by atoms with Gasteiger partial charge in [-0.25, -0.2) is 0 Å². The molecule has 2 heterocycles. The third kappa shape index (κ3) is 2.08. The van der Waals surface area contributed by atoms with Gasteiger partial charge in [-0.3, -0.25) is 0 Å². The van der Waals surface area contributed by atoms with Crippen LogP contribution in [0, 0.1) is 0 Å². The van der Waals surface area contributed by atoms with Gasteiger partial charge >= 0.3 is 0 Å². The smallest absolute Gasteiger partial charge is 0.163 e. The van der Waals surface area contributed by atoms with Gasteiger partial charge in [0.25, 0.3) is 0 Å². The van der Waals surface area contributed by atoms with Gasteiger partial charge < -0.3 is 9.30 Å². The number of rotatable bonds is 3. The van der Waals surface area contributed by atoms with Crippen LogP contribution in [-0.4, -0.2) is 21.9 Å². The molecule has 1 aromatic heterocycles.